The van der Waals surface area contributed by atoms with E-state index in [4.69, 9.17) is 10.0 Å². The van der Waals surface area contributed by atoms with Crippen molar-refractivity contribution in [2.75, 3.05) is 26.2 Å². The standard InChI is InChI=1S/C15H24BFN2O2/c1-3-12(2)19-8-6-18(7-9-19)11-13-4-5-14(16(20)21)10-15(13)17/h4-5,10,12,20-21H,3,6-9,11H2,1-2H3. The number of hydrogen-bond acceptors (Lipinski definition) is 4. The van der Waals surface area contributed by atoms with E-state index in [-0.39, 0.29) is 11.3 Å². The van der Waals surface area contributed by atoms with Gasteiger partial charge in [-0.3, -0.25) is 9.80 Å². The van der Waals surface area contributed by atoms with Gasteiger partial charge in [0.1, 0.15) is 5.82 Å². The summed E-state index contributed by atoms with van der Waals surface area (Å²) in [6.07, 6.45) is 1.15. The van der Waals surface area contributed by atoms with E-state index in [0.29, 0.717) is 18.2 Å². The lowest BCUT2D eigenvalue weighted by Gasteiger charge is -2.37. The van der Waals surface area contributed by atoms with Crippen LogP contribution in [0, 0.1) is 5.82 Å². The van der Waals surface area contributed by atoms with Crippen LogP contribution in [0.2, 0.25) is 0 Å². The number of benzene rings is 1. The summed E-state index contributed by atoms with van der Waals surface area (Å²) in [5, 5.41) is 18.1. The second-order valence-corrected chi connectivity index (χ2v) is 5.79. The maximum Gasteiger partial charge on any atom is 0.488 e. The molecule has 0 aliphatic carbocycles. The molecule has 1 atom stereocenters. The summed E-state index contributed by atoms with van der Waals surface area (Å²) in [6.45, 7) is 8.93. The Morgan fingerprint density at radius 1 is 1.24 bits per heavy atom. The second-order valence-electron chi connectivity index (χ2n) is 5.79. The fourth-order valence-corrected chi connectivity index (χ4v) is 2.71. The predicted molar refractivity (Wildman–Crippen MR) is 82.8 cm³/mol. The van der Waals surface area contributed by atoms with Crippen LogP contribution in [0.5, 0.6) is 0 Å². The zero-order valence-electron chi connectivity index (χ0n) is 12.8. The minimum Gasteiger partial charge on any atom is -0.423 e. The highest BCUT2D eigenvalue weighted by molar-refractivity contribution is 6.58. The number of hydrogen-bond donors (Lipinski definition) is 2. The summed E-state index contributed by atoms with van der Waals surface area (Å²) in [6, 6.07) is 5.02. The van der Waals surface area contributed by atoms with Crippen molar-refractivity contribution in [2.24, 2.45) is 0 Å². The molecule has 6 heteroatoms. The van der Waals surface area contributed by atoms with Crippen LogP contribution in [0.3, 0.4) is 0 Å². The third-order valence-corrected chi connectivity index (χ3v) is 4.39. The molecule has 1 aromatic rings. The number of rotatable bonds is 5. The van der Waals surface area contributed by atoms with Gasteiger partial charge in [-0.05, 0) is 24.9 Å². The largest absolute Gasteiger partial charge is 0.488 e. The first-order chi connectivity index (χ1) is 10.0. The molecule has 4 nitrogen and oxygen atoms in total. The van der Waals surface area contributed by atoms with Crippen molar-refractivity contribution in [1.82, 2.24) is 9.80 Å². The van der Waals surface area contributed by atoms with E-state index < -0.39 is 7.12 Å². The van der Waals surface area contributed by atoms with Crippen molar-refractivity contribution >= 4 is 12.6 Å². The quantitative estimate of drug-likeness (QED) is 0.773. The summed E-state index contributed by atoms with van der Waals surface area (Å²) in [5.74, 6) is -0.370. The Bertz CT molecular complexity index is 465. The molecule has 1 aliphatic heterocycles. The summed E-state index contributed by atoms with van der Waals surface area (Å²) in [5.41, 5.74) is 0.800. The molecule has 1 saturated heterocycles. The lowest BCUT2D eigenvalue weighted by molar-refractivity contribution is 0.0957. The molecule has 0 saturated carbocycles. The van der Waals surface area contributed by atoms with Crippen LogP contribution in [0.1, 0.15) is 25.8 Å². The Kier molecular flexibility index (Phi) is 5.76. The summed E-state index contributed by atoms with van der Waals surface area (Å²) < 4.78 is 14.0. The molecule has 0 bridgehead atoms. The van der Waals surface area contributed by atoms with E-state index in [0.717, 1.165) is 32.6 Å². The van der Waals surface area contributed by atoms with E-state index in [1.807, 2.05) is 0 Å². The number of nitrogens with zero attached hydrogens (tertiary/aromatic N) is 2. The lowest BCUT2D eigenvalue weighted by Crippen LogP contribution is -2.49. The van der Waals surface area contributed by atoms with E-state index in [9.17, 15) is 4.39 Å². The van der Waals surface area contributed by atoms with E-state index in [1.165, 1.54) is 6.07 Å². The number of halogens is 1. The molecule has 1 unspecified atom stereocenters. The molecule has 1 heterocycles. The summed E-state index contributed by atoms with van der Waals surface area (Å²) in [4.78, 5) is 4.71. The molecule has 2 N–H and O–H groups in total. The highest BCUT2D eigenvalue weighted by Crippen LogP contribution is 2.13. The second kappa shape index (κ2) is 7.36. The van der Waals surface area contributed by atoms with Crippen LogP contribution >= 0.6 is 0 Å². The molecule has 0 aromatic heterocycles. The van der Waals surface area contributed by atoms with Crippen LogP contribution in [0.15, 0.2) is 18.2 Å². The third-order valence-electron chi connectivity index (χ3n) is 4.39. The maximum absolute atomic E-state index is 14.0. The van der Waals surface area contributed by atoms with Crippen LogP contribution in [-0.2, 0) is 6.54 Å². The smallest absolute Gasteiger partial charge is 0.423 e. The van der Waals surface area contributed by atoms with Crippen molar-refractivity contribution in [1.29, 1.82) is 0 Å². The van der Waals surface area contributed by atoms with Gasteiger partial charge in [0.2, 0.25) is 0 Å². The molecule has 21 heavy (non-hydrogen) atoms. The SMILES string of the molecule is CCC(C)N1CCN(Cc2ccc(B(O)O)cc2F)CC1. The molecule has 1 fully saturated rings. The summed E-state index contributed by atoms with van der Waals surface area (Å²) >= 11 is 0. The highest BCUT2D eigenvalue weighted by Gasteiger charge is 2.21. The van der Waals surface area contributed by atoms with Crippen molar-refractivity contribution in [2.45, 2.75) is 32.9 Å². The minimum atomic E-state index is -1.62. The van der Waals surface area contributed by atoms with E-state index in [1.54, 1.807) is 12.1 Å². The summed E-state index contributed by atoms with van der Waals surface area (Å²) in [7, 11) is -1.62. The van der Waals surface area contributed by atoms with Crippen molar-refractivity contribution < 1.29 is 14.4 Å². The Balaban J connectivity index is 1.92. The van der Waals surface area contributed by atoms with Gasteiger partial charge in [-0.25, -0.2) is 4.39 Å². The van der Waals surface area contributed by atoms with Crippen LogP contribution in [-0.4, -0.2) is 59.2 Å². The van der Waals surface area contributed by atoms with Crippen LogP contribution in [0.25, 0.3) is 0 Å². The van der Waals surface area contributed by atoms with Crippen molar-refractivity contribution in [3.05, 3.63) is 29.6 Å². The lowest BCUT2D eigenvalue weighted by atomic mass is 9.80. The fraction of sp³-hybridized carbons (Fsp3) is 0.600. The molecule has 0 radical (unpaired) electrons. The number of piperazine rings is 1. The van der Waals surface area contributed by atoms with Gasteiger partial charge >= 0.3 is 7.12 Å². The maximum atomic E-state index is 14.0. The zero-order chi connectivity index (χ0) is 15.4. The van der Waals surface area contributed by atoms with Crippen molar-refractivity contribution in [3.8, 4) is 0 Å². The normalized spacial score (nSPS) is 18.7. The first-order valence-electron chi connectivity index (χ1n) is 7.62. The molecule has 2 rings (SSSR count). The van der Waals surface area contributed by atoms with Crippen molar-refractivity contribution in [3.63, 3.8) is 0 Å². The van der Waals surface area contributed by atoms with Gasteiger partial charge in [-0.2, -0.15) is 0 Å². The third kappa shape index (κ3) is 4.26. The van der Waals surface area contributed by atoms with Crippen LogP contribution in [0.4, 0.5) is 4.39 Å². The Morgan fingerprint density at radius 3 is 2.43 bits per heavy atom. The van der Waals surface area contributed by atoms with Crippen LogP contribution < -0.4 is 5.46 Å². The monoisotopic (exact) mass is 294 g/mol. The Morgan fingerprint density at radius 2 is 1.90 bits per heavy atom. The molecular formula is C15H24BFN2O2. The predicted octanol–water partition coefficient (Wildman–Crippen LogP) is 0.422. The minimum absolute atomic E-state index is 0.192. The average molecular weight is 294 g/mol. The average Bonchev–Trinajstić information content (AvgIpc) is 2.49. The topological polar surface area (TPSA) is 46.9 Å². The first-order valence-corrected chi connectivity index (χ1v) is 7.62. The van der Waals surface area contributed by atoms with Gasteiger partial charge < -0.3 is 10.0 Å². The molecule has 0 amide bonds. The van der Waals surface area contributed by atoms with Gasteiger partial charge in [0.15, 0.2) is 0 Å². The molecular weight excluding hydrogens is 270 g/mol. The first kappa shape index (κ1) is 16.4. The van der Waals surface area contributed by atoms with Gasteiger partial charge in [0, 0.05) is 44.3 Å². The van der Waals surface area contributed by atoms with Gasteiger partial charge in [-0.1, -0.05) is 19.1 Å². The Hall–Kier alpha value is -0.945. The van der Waals surface area contributed by atoms with Gasteiger partial charge in [-0.15, -0.1) is 0 Å². The zero-order valence-corrected chi connectivity index (χ0v) is 12.8. The van der Waals surface area contributed by atoms with E-state index in [2.05, 4.69) is 23.6 Å². The molecule has 1 aliphatic rings. The molecule has 1 aromatic carbocycles. The fourth-order valence-electron chi connectivity index (χ4n) is 2.71. The van der Waals surface area contributed by atoms with E-state index >= 15 is 0 Å². The molecule has 116 valence electrons. The molecule has 0 spiro atoms. The van der Waals surface area contributed by atoms with Gasteiger partial charge in [0.05, 0.1) is 0 Å². The highest BCUT2D eigenvalue weighted by atomic mass is 19.1. The van der Waals surface area contributed by atoms with Gasteiger partial charge in [0.25, 0.3) is 0 Å². The Labute approximate surface area is 126 Å².